The summed E-state index contributed by atoms with van der Waals surface area (Å²) in [6.45, 7) is 2.46. The zero-order valence-electron chi connectivity index (χ0n) is 11.7. The van der Waals surface area contributed by atoms with Gasteiger partial charge in [-0.3, -0.25) is 9.78 Å². The van der Waals surface area contributed by atoms with Crippen LogP contribution in [0.4, 0.5) is 0 Å². The van der Waals surface area contributed by atoms with Crippen LogP contribution in [-0.2, 0) is 22.4 Å². The van der Waals surface area contributed by atoms with Crippen LogP contribution in [0.3, 0.4) is 0 Å². The number of aryl methyl sites for hydroxylation is 2. The summed E-state index contributed by atoms with van der Waals surface area (Å²) < 4.78 is 5.26. The third-order valence-electron chi connectivity index (χ3n) is 3.19. The maximum absolute atomic E-state index is 11.7. The average Bonchev–Trinajstić information content (AvgIpc) is 2.47. The highest BCUT2D eigenvalue weighted by Crippen LogP contribution is 2.08. The summed E-state index contributed by atoms with van der Waals surface area (Å²) in [5.74, 6) is -0.162. The molecule has 0 amide bonds. The number of hydrogen-bond donors (Lipinski definition) is 0. The lowest BCUT2D eigenvalue weighted by molar-refractivity contribution is -0.142. The molecule has 0 spiro atoms. The minimum Gasteiger partial charge on any atom is -0.465 e. The number of benzene rings is 1. The molecule has 0 saturated carbocycles. The summed E-state index contributed by atoms with van der Waals surface area (Å²) in [4.78, 5) is 15.8. The third kappa shape index (κ3) is 4.50. The number of carbonyl (C=O) groups excluding carboxylic acids is 1. The van der Waals surface area contributed by atoms with Crippen LogP contribution >= 0.6 is 0 Å². The minimum atomic E-state index is -0.162. The maximum Gasteiger partial charge on any atom is 0.310 e. The van der Waals surface area contributed by atoms with Gasteiger partial charge in [0.1, 0.15) is 0 Å². The predicted molar refractivity (Wildman–Crippen MR) is 78.4 cm³/mol. The van der Waals surface area contributed by atoms with Crippen LogP contribution in [0.2, 0.25) is 0 Å². The Morgan fingerprint density at radius 2 is 2.05 bits per heavy atom. The molecule has 0 bridgehead atoms. The molecule has 0 N–H and O–H groups in total. The van der Waals surface area contributed by atoms with Crippen molar-refractivity contribution in [3.8, 4) is 0 Å². The van der Waals surface area contributed by atoms with E-state index in [1.165, 1.54) is 5.56 Å². The van der Waals surface area contributed by atoms with Crippen molar-refractivity contribution in [3.63, 3.8) is 0 Å². The monoisotopic (exact) mass is 269 g/mol. The van der Waals surface area contributed by atoms with Crippen LogP contribution in [-0.4, -0.2) is 17.6 Å². The van der Waals surface area contributed by atoms with Crippen molar-refractivity contribution < 1.29 is 9.53 Å². The van der Waals surface area contributed by atoms with Crippen LogP contribution < -0.4 is 0 Å². The summed E-state index contributed by atoms with van der Waals surface area (Å²) in [6.07, 6.45) is 5.65. The fourth-order valence-electron chi connectivity index (χ4n) is 2.02. The van der Waals surface area contributed by atoms with E-state index in [0.717, 1.165) is 24.0 Å². The van der Waals surface area contributed by atoms with Crippen LogP contribution in [0, 0.1) is 6.92 Å². The van der Waals surface area contributed by atoms with Gasteiger partial charge in [0.2, 0.25) is 0 Å². The average molecular weight is 269 g/mol. The molecule has 0 radical (unpaired) electrons. The van der Waals surface area contributed by atoms with Gasteiger partial charge in [0.25, 0.3) is 0 Å². The molecule has 0 aliphatic carbocycles. The molecule has 3 nitrogen and oxygen atoms in total. The molecule has 2 rings (SSSR count). The topological polar surface area (TPSA) is 39.2 Å². The largest absolute Gasteiger partial charge is 0.465 e. The van der Waals surface area contributed by atoms with E-state index >= 15 is 0 Å². The van der Waals surface area contributed by atoms with Gasteiger partial charge in [-0.2, -0.15) is 0 Å². The second-order valence-corrected chi connectivity index (χ2v) is 4.79. The van der Waals surface area contributed by atoms with Crippen molar-refractivity contribution in [2.24, 2.45) is 0 Å². The lowest BCUT2D eigenvalue weighted by atomic mass is 10.1. The molecule has 0 atom stereocenters. The van der Waals surface area contributed by atoms with Crippen molar-refractivity contribution in [2.75, 3.05) is 6.61 Å². The number of aromatic nitrogens is 1. The van der Waals surface area contributed by atoms with E-state index < -0.39 is 0 Å². The number of carbonyl (C=O) groups is 1. The second kappa shape index (κ2) is 7.43. The quantitative estimate of drug-likeness (QED) is 0.597. The van der Waals surface area contributed by atoms with E-state index in [2.05, 4.69) is 4.98 Å². The van der Waals surface area contributed by atoms with Crippen LogP contribution in [0.5, 0.6) is 0 Å². The first-order chi connectivity index (χ1) is 9.75. The molecule has 3 heteroatoms. The molecule has 1 heterocycles. The molecule has 0 unspecified atom stereocenters. The Morgan fingerprint density at radius 3 is 2.80 bits per heavy atom. The number of nitrogens with zero attached hydrogens (tertiary/aromatic N) is 1. The zero-order chi connectivity index (χ0) is 14.2. The Balaban J connectivity index is 1.69. The summed E-state index contributed by atoms with van der Waals surface area (Å²) in [7, 11) is 0. The maximum atomic E-state index is 11.7. The van der Waals surface area contributed by atoms with Gasteiger partial charge < -0.3 is 4.74 Å². The Labute approximate surface area is 119 Å². The summed E-state index contributed by atoms with van der Waals surface area (Å²) in [5, 5.41) is 0. The number of esters is 1. The lowest BCUT2D eigenvalue weighted by Crippen LogP contribution is -2.10. The zero-order valence-corrected chi connectivity index (χ0v) is 11.7. The molecule has 2 aromatic rings. The molecule has 0 fully saturated rings. The molecule has 0 aliphatic rings. The molecular formula is C17H19NO2. The van der Waals surface area contributed by atoms with Gasteiger partial charge >= 0.3 is 5.97 Å². The second-order valence-electron chi connectivity index (χ2n) is 4.79. The summed E-state index contributed by atoms with van der Waals surface area (Å²) in [6, 6.07) is 11.8. The molecule has 104 valence electrons. The van der Waals surface area contributed by atoms with Gasteiger partial charge in [-0.05, 0) is 42.5 Å². The molecule has 20 heavy (non-hydrogen) atoms. The minimum absolute atomic E-state index is 0.162. The number of pyridine rings is 1. The lowest BCUT2D eigenvalue weighted by Gasteiger charge is -2.07. The van der Waals surface area contributed by atoms with Crippen molar-refractivity contribution in [1.29, 1.82) is 0 Å². The number of rotatable bonds is 6. The van der Waals surface area contributed by atoms with E-state index in [-0.39, 0.29) is 5.97 Å². The van der Waals surface area contributed by atoms with E-state index in [9.17, 15) is 4.79 Å². The van der Waals surface area contributed by atoms with Crippen molar-refractivity contribution >= 4 is 5.97 Å². The highest BCUT2D eigenvalue weighted by molar-refractivity contribution is 5.73. The highest BCUT2D eigenvalue weighted by atomic mass is 16.5. The van der Waals surface area contributed by atoms with Crippen LogP contribution in [0.25, 0.3) is 0 Å². The molecule has 0 aliphatic heterocycles. The third-order valence-corrected chi connectivity index (χ3v) is 3.19. The Morgan fingerprint density at radius 1 is 1.20 bits per heavy atom. The first kappa shape index (κ1) is 14.3. The van der Waals surface area contributed by atoms with Gasteiger partial charge in [-0.1, -0.05) is 30.3 Å². The van der Waals surface area contributed by atoms with Gasteiger partial charge in [-0.15, -0.1) is 0 Å². The molecule has 1 aromatic carbocycles. The number of hydrogen-bond acceptors (Lipinski definition) is 3. The van der Waals surface area contributed by atoms with Gasteiger partial charge in [0.05, 0.1) is 13.0 Å². The first-order valence-electron chi connectivity index (χ1n) is 6.85. The van der Waals surface area contributed by atoms with E-state index in [0.29, 0.717) is 13.0 Å². The fourth-order valence-corrected chi connectivity index (χ4v) is 2.02. The first-order valence-corrected chi connectivity index (χ1v) is 6.85. The smallest absolute Gasteiger partial charge is 0.310 e. The molecule has 0 saturated heterocycles. The highest BCUT2D eigenvalue weighted by Gasteiger charge is 2.06. The van der Waals surface area contributed by atoms with Gasteiger partial charge in [0.15, 0.2) is 0 Å². The van der Waals surface area contributed by atoms with Crippen molar-refractivity contribution in [2.45, 2.75) is 26.2 Å². The van der Waals surface area contributed by atoms with Crippen molar-refractivity contribution in [3.05, 3.63) is 65.5 Å². The van der Waals surface area contributed by atoms with Crippen molar-refractivity contribution in [1.82, 2.24) is 4.98 Å². The molecular weight excluding hydrogens is 250 g/mol. The van der Waals surface area contributed by atoms with Gasteiger partial charge in [0, 0.05) is 12.4 Å². The molecule has 1 aromatic heterocycles. The van der Waals surface area contributed by atoms with Crippen LogP contribution in [0.15, 0.2) is 48.8 Å². The number of ether oxygens (including phenoxy) is 1. The summed E-state index contributed by atoms with van der Waals surface area (Å²) >= 11 is 0. The normalized spacial score (nSPS) is 10.2. The SMILES string of the molecule is Cc1ccccc1CC(=O)OCCCc1cccnc1. The Kier molecular flexibility index (Phi) is 5.30. The van der Waals surface area contributed by atoms with E-state index in [1.54, 1.807) is 6.20 Å². The van der Waals surface area contributed by atoms with Gasteiger partial charge in [-0.25, -0.2) is 0 Å². The van der Waals surface area contributed by atoms with E-state index in [4.69, 9.17) is 4.74 Å². The fraction of sp³-hybridized carbons (Fsp3) is 0.294. The standard InChI is InChI=1S/C17H19NO2/c1-14-6-2-3-9-16(14)12-17(19)20-11-5-8-15-7-4-10-18-13-15/h2-4,6-7,9-10,13H,5,8,11-12H2,1H3. The Bertz CT molecular complexity index is 552. The Hall–Kier alpha value is -2.16. The van der Waals surface area contributed by atoms with Crippen LogP contribution in [0.1, 0.15) is 23.1 Å². The summed E-state index contributed by atoms with van der Waals surface area (Å²) in [5.41, 5.74) is 3.33. The van der Waals surface area contributed by atoms with E-state index in [1.807, 2.05) is 49.5 Å². The predicted octanol–water partition coefficient (Wildman–Crippen LogP) is 3.11.